The van der Waals surface area contributed by atoms with Crippen molar-refractivity contribution in [2.75, 3.05) is 18.2 Å². The molecular formula is C13H12F3N3O3S2. The average molecular weight is 379 g/mol. The number of hydrogen-bond acceptors (Lipinski definition) is 5. The Kier molecular flexibility index (Phi) is 5.42. The molecule has 24 heavy (non-hydrogen) atoms. The fourth-order valence-electron chi connectivity index (χ4n) is 2.01. The van der Waals surface area contributed by atoms with Gasteiger partial charge in [0.1, 0.15) is 12.6 Å². The predicted molar refractivity (Wildman–Crippen MR) is 80.4 cm³/mol. The minimum atomic E-state index is -4.57. The van der Waals surface area contributed by atoms with Gasteiger partial charge in [0.25, 0.3) is 0 Å². The first-order valence-corrected chi connectivity index (χ1v) is 9.19. The Morgan fingerprint density at radius 2 is 2.00 bits per heavy atom. The number of nitriles is 1. The molecule has 0 saturated carbocycles. The summed E-state index contributed by atoms with van der Waals surface area (Å²) >= 11 is 1.13. The van der Waals surface area contributed by atoms with E-state index in [1.54, 1.807) is 5.32 Å². The maximum absolute atomic E-state index is 12.6. The lowest BCUT2D eigenvalue weighted by Crippen LogP contribution is -2.49. The molecule has 0 aliphatic carbocycles. The van der Waals surface area contributed by atoms with Crippen molar-refractivity contribution in [2.24, 2.45) is 0 Å². The molecule has 1 aromatic carbocycles. The van der Waals surface area contributed by atoms with Crippen molar-refractivity contribution >= 4 is 27.7 Å². The molecule has 11 heteroatoms. The van der Waals surface area contributed by atoms with E-state index in [1.807, 2.05) is 6.07 Å². The SMILES string of the molecule is N#Cc1ccc(S(=O)(=O)N2CSC[C@H]2C(=O)NCC(F)(F)F)cc1. The highest BCUT2D eigenvalue weighted by molar-refractivity contribution is 8.00. The maximum atomic E-state index is 12.6. The molecule has 1 aromatic rings. The third kappa shape index (κ3) is 4.19. The van der Waals surface area contributed by atoms with Crippen LogP contribution in [0.3, 0.4) is 0 Å². The molecular weight excluding hydrogens is 367 g/mol. The van der Waals surface area contributed by atoms with Gasteiger partial charge in [0.05, 0.1) is 22.4 Å². The van der Waals surface area contributed by atoms with Crippen LogP contribution in [0.15, 0.2) is 29.2 Å². The van der Waals surface area contributed by atoms with Crippen LogP contribution in [0.1, 0.15) is 5.56 Å². The summed E-state index contributed by atoms with van der Waals surface area (Å²) in [6.45, 7) is -1.52. The fourth-order valence-corrected chi connectivity index (χ4v) is 5.16. The molecule has 1 saturated heterocycles. The van der Waals surface area contributed by atoms with Gasteiger partial charge in [-0.15, -0.1) is 11.8 Å². The Bertz CT molecular complexity index is 757. The highest BCUT2D eigenvalue weighted by atomic mass is 32.2. The monoisotopic (exact) mass is 379 g/mol. The van der Waals surface area contributed by atoms with Crippen LogP contribution >= 0.6 is 11.8 Å². The van der Waals surface area contributed by atoms with Crippen molar-refractivity contribution in [2.45, 2.75) is 17.1 Å². The van der Waals surface area contributed by atoms with Gasteiger partial charge in [-0.05, 0) is 24.3 Å². The molecule has 130 valence electrons. The second-order valence-electron chi connectivity index (χ2n) is 4.88. The van der Waals surface area contributed by atoms with E-state index >= 15 is 0 Å². The van der Waals surface area contributed by atoms with Crippen LogP contribution in [-0.4, -0.2) is 49.0 Å². The summed E-state index contributed by atoms with van der Waals surface area (Å²) in [4.78, 5) is 11.8. The molecule has 1 heterocycles. The summed E-state index contributed by atoms with van der Waals surface area (Å²) in [5, 5.41) is 10.4. The van der Waals surface area contributed by atoms with Crippen molar-refractivity contribution in [3.05, 3.63) is 29.8 Å². The highest BCUT2D eigenvalue weighted by Gasteiger charge is 2.41. The number of rotatable bonds is 4. The molecule has 0 radical (unpaired) electrons. The Labute approximate surface area is 140 Å². The van der Waals surface area contributed by atoms with Crippen LogP contribution in [0.5, 0.6) is 0 Å². The van der Waals surface area contributed by atoms with E-state index in [2.05, 4.69) is 0 Å². The van der Waals surface area contributed by atoms with Gasteiger partial charge in [0, 0.05) is 5.75 Å². The third-order valence-corrected chi connectivity index (χ3v) is 6.24. The number of thioether (sulfide) groups is 1. The first-order valence-electron chi connectivity index (χ1n) is 6.59. The number of halogens is 3. The second-order valence-corrected chi connectivity index (χ2v) is 7.77. The van der Waals surface area contributed by atoms with Gasteiger partial charge in [-0.3, -0.25) is 4.79 Å². The van der Waals surface area contributed by atoms with Crippen LogP contribution in [0, 0.1) is 11.3 Å². The standard InChI is InChI=1S/C13H12F3N3O3S2/c14-13(15,16)7-18-12(20)11-6-23-8-19(11)24(21,22)10-3-1-9(5-17)2-4-10/h1-4,11H,6-8H2,(H,18,20)/t11-/m0/s1. The molecule has 0 bridgehead atoms. The van der Waals surface area contributed by atoms with Gasteiger partial charge in [-0.1, -0.05) is 0 Å². The second kappa shape index (κ2) is 7.00. The van der Waals surface area contributed by atoms with Crippen molar-refractivity contribution in [1.29, 1.82) is 5.26 Å². The molecule has 1 atom stereocenters. The van der Waals surface area contributed by atoms with E-state index in [0.717, 1.165) is 16.1 Å². The Hall–Kier alpha value is -1.77. The summed E-state index contributed by atoms with van der Waals surface area (Å²) in [6, 6.07) is 5.72. The average Bonchev–Trinajstić information content (AvgIpc) is 3.02. The minimum Gasteiger partial charge on any atom is -0.346 e. The van der Waals surface area contributed by atoms with Crippen molar-refractivity contribution in [3.63, 3.8) is 0 Å². The fraction of sp³-hybridized carbons (Fsp3) is 0.385. The third-order valence-electron chi connectivity index (χ3n) is 3.20. The number of nitrogens with one attached hydrogen (secondary N) is 1. The van der Waals surface area contributed by atoms with E-state index < -0.39 is 34.7 Å². The van der Waals surface area contributed by atoms with Gasteiger partial charge < -0.3 is 5.32 Å². The molecule has 1 N–H and O–H groups in total. The first kappa shape index (κ1) is 18.6. The topological polar surface area (TPSA) is 90.3 Å². The lowest BCUT2D eigenvalue weighted by atomic mass is 10.2. The zero-order valence-corrected chi connectivity index (χ0v) is 13.7. The molecule has 0 aromatic heterocycles. The van der Waals surface area contributed by atoms with E-state index in [4.69, 9.17) is 5.26 Å². The van der Waals surface area contributed by atoms with E-state index in [0.29, 0.717) is 0 Å². The predicted octanol–water partition coefficient (Wildman–Crippen LogP) is 1.30. The number of sulfonamides is 1. The molecule has 1 aliphatic rings. The van der Waals surface area contributed by atoms with Crippen LogP contribution in [-0.2, 0) is 14.8 Å². The van der Waals surface area contributed by atoms with E-state index in [9.17, 15) is 26.4 Å². The summed E-state index contributed by atoms with van der Waals surface area (Å²) in [7, 11) is -4.05. The maximum Gasteiger partial charge on any atom is 0.405 e. The van der Waals surface area contributed by atoms with Crippen molar-refractivity contribution < 1.29 is 26.4 Å². The molecule has 0 spiro atoms. The number of carbonyl (C=O) groups excluding carboxylic acids is 1. The lowest BCUT2D eigenvalue weighted by molar-refractivity contribution is -0.140. The number of amides is 1. The summed E-state index contributed by atoms with van der Waals surface area (Å²) in [5.41, 5.74) is 0.268. The Balaban J connectivity index is 2.19. The Morgan fingerprint density at radius 3 is 2.54 bits per heavy atom. The Morgan fingerprint density at radius 1 is 1.38 bits per heavy atom. The van der Waals surface area contributed by atoms with Gasteiger partial charge in [-0.2, -0.15) is 22.7 Å². The molecule has 1 fully saturated rings. The first-order chi connectivity index (χ1) is 11.1. The van der Waals surface area contributed by atoms with Gasteiger partial charge in [0.2, 0.25) is 15.9 Å². The largest absolute Gasteiger partial charge is 0.405 e. The summed E-state index contributed by atoms with van der Waals surface area (Å²) in [5.74, 6) is -0.958. The molecule has 1 amide bonds. The van der Waals surface area contributed by atoms with Gasteiger partial charge >= 0.3 is 6.18 Å². The van der Waals surface area contributed by atoms with E-state index in [-0.39, 0.29) is 22.1 Å². The number of hydrogen-bond donors (Lipinski definition) is 1. The van der Waals surface area contributed by atoms with Crippen LogP contribution in [0.25, 0.3) is 0 Å². The molecule has 6 nitrogen and oxygen atoms in total. The summed E-state index contributed by atoms with van der Waals surface area (Å²) < 4.78 is 62.6. The zero-order valence-electron chi connectivity index (χ0n) is 12.1. The highest BCUT2D eigenvalue weighted by Crippen LogP contribution is 2.28. The lowest BCUT2D eigenvalue weighted by Gasteiger charge is -2.22. The number of alkyl halides is 3. The molecule has 0 unspecified atom stereocenters. The number of nitrogens with zero attached hydrogens (tertiary/aromatic N) is 2. The van der Waals surface area contributed by atoms with E-state index in [1.165, 1.54) is 24.3 Å². The smallest absolute Gasteiger partial charge is 0.346 e. The zero-order chi connectivity index (χ0) is 18.0. The number of benzene rings is 1. The summed E-state index contributed by atoms with van der Waals surface area (Å²) in [6.07, 6.45) is -4.57. The minimum absolute atomic E-state index is 0.0353. The van der Waals surface area contributed by atoms with Crippen LogP contribution < -0.4 is 5.32 Å². The molecule has 2 rings (SSSR count). The van der Waals surface area contributed by atoms with Crippen LogP contribution in [0.4, 0.5) is 13.2 Å². The number of carbonyl (C=O) groups is 1. The molecule has 1 aliphatic heterocycles. The van der Waals surface area contributed by atoms with Crippen LogP contribution in [0.2, 0.25) is 0 Å². The van der Waals surface area contributed by atoms with Gasteiger partial charge in [-0.25, -0.2) is 8.42 Å². The van der Waals surface area contributed by atoms with Crippen molar-refractivity contribution in [3.8, 4) is 6.07 Å². The quantitative estimate of drug-likeness (QED) is 0.852. The van der Waals surface area contributed by atoms with Crippen molar-refractivity contribution in [1.82, 2.24) is 9.62 Å². The normalized spacial score (nSPS) is 19.0. The van der Waals surface area contributed by atoms with Gasteiger partial charge in [0.15, 0.2) is 0 Å².